The van der Waals surface area contributed by atoms with E-state index in [1.165, 1.54) is 32.1 Å². The molecule has 2 saturated carbocycles. The van der Waals surface area contributed by atoms with Gasteiger partial charge in [0, 0.05) is 12.5 Å². The fourth-order valence-corrected chi connectivity index (χ4v) is 4.26. The van der Waals surface area contributed by atoms with Crippen LogP contribution in [0.3, 0.4) is 0 Å². The summed E-state index contributed by atoms with van der Waals surface area (Å²) in [5.74, 6) is -0.109. The predicted octanol–water partition coefficient (Wildman–Crippen LogP) is 3.50. The molecule has 21 heavy (non-hydrogen) atoms. The zero-order chi connectivity index (χ0) is 15.3. The summed E-state index contributed by atoms with van der Waals surface area (Å²) in [5.41, 5.74) is -0.302. The summed E-state index contributed by atoms with van der Waals surface area (Å²) in [6.45, 7) is 2.10. The standard InChI is InChI=1S/C17H29NO3/c1-13(14-7-3-4-8-14)18-15(19)11-17(12-16(20)21)9-5-2-6-10-17/h13-14H,2-12H2,1H3,(H,18,19)(H,20,21)/t13-/m1/s1. The SMILES string of the molecule is C[C@@H](NC(=O)CC1(CC(=O)O)CCCCC1)C1CCCC1. The van der Waals surface area contributed by atoms with E-state index in [1.54, 1.807) is 0 Å². The van der Waals surface area contributed by atoms with E-state index in [1.807, 2.05) is 0 Å². The molecule has 2 N–H and O–H groups in total. The third-order valence-electron chi connectivity index (χ3n) is 5.47. The Morgan fingerprint density at radius 3 is 2.29 bits per heavy atom. The first-order valence-electron chi connectivity index (χ1n) is 8.52. The van der Waals surface area contributed by atoms with Crippen LogP contribution in [0.15, 0.2) is 0 Å². The van der Waals surface area contributed by atoms with E-state index in [-0.39, 0.29) is 23.8 Å². The van der Waals surface area contributed by atoms with Crippen molar-refractivity contribution in [2.24, 2.45) is 11.3 Å². The first kappa shape index (κ1) is 16.3. The lowest BCUT2D eigenvalue weighted by molar-refractivity contribution is -0.141. The quantitative estimate of drug-likeness (QED) is 0.788. The highest BCUT2D eigenvalue weighted by Gasteiger charge is 2.37. The zero-order valence-corrected chi connectivity index (χ0v) is 13.2. The maximum atomic E-state index is 12.4. The van der Waals surface area contributed by atoms with Crippen molar-refractivity contribution in [3.8, 4) is 0 Å². The second-order valence-corrected chi connectivity index (χ2v) is 7.21. The van der Waals surface area contributed by atoms with Gasteiger partial charge in [0.1, 0.15) is 0 Å². The highest BCUT2D eigenvalue weighted by molar-refractivity contribution is 5.78. The molecule has 0 aromatic rings. The number of hydrogen-bond donors (Lipinski definition) is 2. The van der Waals surface area contributed by atoms with E-state index in [0.717, 1.165) is 25.7 Å². The zero-order valence-electron chi connectivity index (χ0n) is 13.2. The van der Waals surface area contributed by atoms with Gasteiger partial charge in [0.05, 0.1) is 6.42 Å². The number of aliphatic carboxylic acids is 1. The third kappa shape index (κ3) is 4.72. The van der Waals surface area contributed by atoms with E-state index in [9.17, 15) is 9.59 Å². The minimum atomic E-state index is -0.770. The van der Waals surface area contributed by atoms with Gasteiger partial charge in [0.15, 0.2) is 0 Å². The molecule has 0 unspecified atom stereocenters. The minimum Gasteiger partial charge on any atom is -0.481 e. The Kier molecular flexibility index (Phi) is 5.65. The molecule has 2 fully saturated rings. The van der Waals surface area contributed by atoms with Crippen molar-refractivity contribution in [2.45, 2.75) is 83.6 Å². The molecule has 0 aromatic heterocycles. The number of hydrogen-bond acceptors (Lipinski definition) is 2. The highest BCUT2D eigenvalue weighted by atomic mass is 16.4. The van der Waals surface area contributed by atoms with Crippen LogP contribution in [0, 0.1) is 11.3 Å². The number of carboxylic acids is 1. The van der Waals surface area contributed by atoms with Gasteiger partial charge in [0.25, 0.3) is 0 Å². The van der Waals surface area contributed by atoms with Crippen LogP contribution in [-0.2, 0) is 9.59 Å². The minimum absolute atomic E-state index is 0.0533. The van der Waals surface area contributed by atoms with Crippen LogP contribution in [-0.4, -0.2) is 23.0 Å². The van der Waals surface area contributed by atoms with Gasteiger partial charge >= 0.3 is 5.97 Å². The molecule has 0 aromatic carbocycles. The molecule has 0 heterocycles. The maximum Gasteiger partial charge on any atom is 0.303 e. The lowest BCUT2D eigenvalue weighted by Crippen LogP contribution is -2.41. The summed E-state index contributed by atoms with van der Waals surface area (Å²) < 4.78 is 0. The van der Waals surface area contributed by atoms with Crippen molar-refractivity contribution in [1.29, 1.82) is 0 Å². The van der Waals surface area contributed by atoms with Gasteiger partial charge < -0.3 is 10.4 Å². The second-order valence-electron chi connectivity index (χ2n) is 7.21. The molecular formula is C17H29NO3. The van der Waals surface area contributed by atoms with Crippen molar-refractivity contribution in [2.75, 3.05) is 0 Å². The van der Waals surface area contributed by atoms with Crippen molar-refractivity contribution in [3.05, 3.63) is 0 Å². The number of carbonyl (C=O) groups is 2. The van der Waals surface area contributed by atoms with Gasteiger partial charge in [-0.1, -0.05) is 32.1 Å². The van der Waals surface area contributed by atoms with Crippen LogP contribution < -0.4 is 5.32 Å². The average molecular weight is 295 g/mol. The van der Waals surface area contributed by atoms with Crippen molar-refractivity contribution < 1.29 is 14.7 Å². The highest BCUT2D eigenvalue weighted by Crippen LogP contribution is 2.42. The topological polar surface area (TPSA) is 66.4 Å². The van der Waals surface area contributed by atoms with Gasteiger partial charge in [-0.2, -0.15) is 0 Å². The number of nitrogens with one attached hydrogen (secondary N) is 1. The molecule has 0 radical (unpaired) electrons. The Labute approximate surface area is 127 Å². The number of carboxylic acid groups (broad SMARTS) is 1. The largest absolute Gasteiger partial charge is 0.481 e. The Hall–Kier alpha value is -1.06. The molecule has 4 heteroatoms. The molecule has 120 valence electrons. The first-order chi connectivity index (χ1) is 10.0. The van der Waals surface area contributed by atoms with E-state index < -0.39 is 5.97 Å². The van der Waals surface area contributed by atoms with Crippen LogP contribution in [0.2, 0.25) is 0 Å². The fraction of sp³-hybridized carbons (Fsp3) is 0.882. The van der Waals surface area contributed by atoms with Gasteiger partial charge in [-0.15, -0.1) is 0 Å². The van der Waals surface area contributed by atoms with Crippen LogP contribution in [0.4, 0.5) is 0 Å². The predicted molar refractivity (Wildman–Crippen MR) is 82.0 cm³/mol. The van der Waals surface area contributed by atoms with Crippen LogP contribution in [0.1, 0.15) is 77.6 Å². The van der Waals surface area contributed by atoms with Crippen molar-refractivity contribution >= 4 is 11.9 Å². The van der Waals surface area contributed by atoms with Gasteiger partial charge in [-0.05, 0) is 43.9 Å². The monoisotopic (exact) mass is 295 g/mol. The number of amides is 1. The fourth-order valence-electron chi connectivity index (χ4n) is 4.26. The molecule has 0 bridgehead atoms. The van der Waals surface area contributed by atoms with Crippen molar-refractivity contribution in [1.82, 2.24) is 5.32 Å². The Morgan fingerprint density at radius 2 is 1.71 bits per heavy atom. The normalized spacial score (nSPS) is 23.7. The van der Waals surface area contributed by atoms with Gasteiger partial charge in [0.2, 0.25) is 5.91 Å². The second kappa shape index (κ2) is 7.28. The first-order valence-corrected chi connectivity index (χ1v) is 8.52. The summed E-state index contributed by atoms with van der Waals surface area (Å²) in [6.07, 6.45) is 10.5. The lowest BCUT2D eigenvalue weighted by atomic mass is 9.69. The average Bonchev–Trinajstić information content (AvgIpc) is 2.92. The summed E-state index contributed by atoms with van der Waals surface area (Å²) in [5, 5.41) is 12.3. The molecule has 0 spiro atoms. The van der Waals surface area contributed by atoms with Crippen molar-refractivity contribution in [3.63, 3.8) is 0 Å². The van der Waals surface area contributed by atoms with E-state index >= 15 is 0 Å². The summed E-state index contributed by atoms with van der Waals surface area (Å²) in [6, 6.07) is 0.227. The Morgan fingerprint density at radius 1 is 1.10 bits per heavy atom. The number of carbonyl (C=O) groups excluding carboxylic acids is 1. The van der Waals surface area contributed by atoms with E-state index in [4.69, 9.17) is 5.11 Å². The molecular weight excluding hydrogens is 266 g/mol. The van der Waals surface area contributed by atoms with Gasteiger partial charge in [-0.25, -0.2) is 0 Å². The maximum absolute atomic E-state index is 12.4. The molecule has 0 aliphatic heterocycles. The summed E-state index contributed by atoms with van der Waals surface area (Å²) in [4.78, 5) is 23.5. The molecule has 0 saturated heterocycles. The molecule has 1 amide bonds. The van der Waals surface area contributed by atoms with E-state index in [0.29, 0.717) is 12.3 Å². The Bertz CT molecular complexity index is 368. The summed E-state index contributed by atoms with van der Waals surface area (Å²) in [7, 11) is 0. The smallest absolute Gasteiger partial charge is 0.303 e. The molecule has 1 atom stereocenters. The van der Waals surface area contributed by atoms with Crippen LogP contribution in [0.5, 0.6) is 0 Å². The lowest BCUT2D eigenvalue weighted by Gasteiger charge is -2.36. The molecule has 2 aliphatic rings. The Balaban J connectivity index is 1.89. The summed E-state index contributed by atoms with van der Waals surface area (Å²) >= 11 is 0. The van der Waals surface area contributed by atoms with Crippen LogP contribution >= 0.6 is 0 Å². The van der Waals surface area contributed by atoms with Crippen LogP contribution in [0.25, 0.3) is 0 Å². The molecule has 2 rings (SSSR count). The molecule has 4 nitrogen and oxygen atoms in total. The third-order valence-corrected chi connectivity index (χ3v) is 5.47. The van der Waals surface area contributed by atoms with E-state index in [2.05, 4.69) is 12.2 Å². The van der Waals surface area contributed by atoms with Gasteiger partial charge in [-0.3, -0.25) is 9.59 Å². The number of rotatable bonds is 6. The molecule has 2 aliphatic carbocycles.